The van der Waals surface area contributed by atoms with Crippen LogP contribution in [0.2, 0.25) is 5.02 Å². The van der Waals surface area contributed by atoms with Gasteiger partial charge in [-0.1, -0.05) is 66.2 Å². The number of sulfonamides is 1. The Kier molecular flexibility index (Phi) is 9.88. The van der Waals surface area contributed by atoms with Crippen LogP contribution in [0, 0.1) is 5.82 Å². The molecule has 0 saturated heterocycles. The van der Waals surface area contributed by atoms with E-state index in [2.05, 4.69) is 5.32 Å². The van der Waals surface area contributed by atoms with E-state index in [-0.39, 0.29) is 35.6 Å². The third-order valence-corrected chi connectivity index (χ3v) is 7.21. The standard InChI is InChI=1S/C28H31ClFN3O4S/c1-20(2)31-28(35)26(17-21-9-5-4-6-10-21)32(18-22-13-15-23(30)16-14-22)27(34)19-33(38(3,36)37)25-12-8-7-11-24(25)29/h4-16,20,26H,17-19H2,1-3H3,(H,31,35). The molecule has 1 atom stereocenters. The van der Waals surface area contributed by atoms with E-state index in [4.69, 9.17) is 11.6 Å². The summed E-state index contributed by atoms with van der Waals surface area (Å²) in [7, 11) is -3.92. The lowest BCUT2D eigenvalue weighted by Crippen LogP contribution is -2.54. The molecule has 38 heavy (non-hydrogen) atoms. The first kappa shape index (κ1) is 29.1. The topological polar surface area (TPSA) is 86.8 Å². The lowest BCUT2D eigenvalue weighted by atomic mass is 10.0. The molecule has 0 aliphatic rings. The Balaban J connectivity index is 2.06. The van der Waals surface area contributed by atoms with Crippen LogP contribution in [0.15, 0.2) is 78.9 Å². The van der Waals surface area contributed by atoms with Crippen molar-refractivity contribution in [1.82, 2.24) is 10.2 Å². The van der Waals surface area contributed by atoms with E-state index in [0.717, 1.165) is 16.1 Å². The molecule has 0 aliphatic carbocycles. The van der Waals surface area contributed by atoms with E-state index in [9.17, 15) is 22.4 Å². The maximum atomic E-state index is 13.9. The van der Waals surface area contributed by atoms with E-state index >= 15 is 0 Å². The van der Waals surface area contributed by atoms with Gasteiger partial charge in [-0.05, 0) is 49.2 Å². The van der Waals surface area contributed by atoms with Crippen molar-refractivity contribution in [3.05, 3.63) is 101 Å². The first-order valence-corrected chi connectivity index (χ1v) is 14.3. The summed E-state index contributed by atoms with van der Waals surface area (Å²) < 4.78 is 40.0. The predicted octanol–water partition coefficient (Wildman–Crippen LogP) is 4.41. The molecule has 3 rings (SSSR count). The number of rotatable bonds is 11. The molecule has 0 heterocycles. The first-order valence-electron chi connectivity index (χ1n) is 12.1. The monoisotopic (exact) mass is 559 g/mol. The molecule has 3 aromatic carbocycles. The second-order valence-corrected chi connectivity index (χ2v) is 11.6. The molecule has 0 aromatic heterocycles. The van der Waals surface area contributed by atoms with Crippen molar-refractivity contribution in [3.63, 3.8) is 0 Å². The quantitative estimate of drug-likeness (QED) is 0.377. The van der Waals surface area contributed by atoms with Gasteiger partial charge in [-0.15, -0.1) is 0 Å². The van der Waals surface area contributed by atoms with Crippen LogP contribution >= 0.6 is 11.6 Å². The molecule has 0 bridgehead atoms. The highest BCUT2D eigenvalue weighted by molar-refractivity contribution is 7.92. The van der Waals surface area contributed by atoms with E-state index in [1.165, 1.54) is 41.3 Å². The van der Waals surface area contributed by atoms with E-state index < -0.39 is 34.3 Å². The maximum Gasteiger partial charge on any atom is 0.244 e. The van der Waals surface area contributed by atoms with Gasteiger partial charge in [0, 0.05) is 19.0 Å². The van der Waals surface area contributed by atoms with Crippen molar-refractivity contribution >= 4 is 39.1 Å². The number of hydrogen-bond donors (Lipinski definition) is 1. The molecule has 3 aromatic rings. The molecule has 0 radical (unpaired) electrons. The van der Waals surface area contributed by atoms with Gasteiger partial charge in [0.25, 0.3) is 0 Å². The predicted molar refractivity (Wildman–Crippen MR) is 148 cm³/mol. The molecule has 0 spiro atoms. The average molecular weight is 560 g/mol. The molecule has 1 unspecified atom stereocenters. The van der Waals surface area contributed by atoms with Crippen LogP contribution in [-0.4, -0.2) is 50.0 Å². The van der Waals surface area contributed by atoms with Gasteiger partial charge in [-0.2, -0.15) is 0 Å². The second kappa shape index (κ2) is 12.9. The summed E-state index contributed by atoms with van der Waals surface area (Å²) in [6.45, 7) is 3.01. The number of amides is 2. The van der Waals surface area contributed by atoms with Crippen LogP contribution in [0.1, 0.15) is 25.0 Å². The molecule has 0 saturated carbocycles. The van der Waals surface area contributed by atoms with Gasteiger partial charge >= 0.3 is 0 Å². The third kappa shape index (κ3) is 8.03. The molecular formula is C28H31ClFN3O4S. The number of benzene rings is 3. The Morgan fingerprint density at radius 2 is 1.53 bits per heavy atom. The summed E-state index contributed by atoms with van der Waals surface area (Å²) in [4.78, 5) is 28.7. The zero-order valence-electron chi connectivity index (χ0n) is 21.5. The van der Waals surface area contributed by atoms with Gasteiger partial charge in [0.2, 0.25) is 21.8 Å². The minimum atomic E-state index is -3.92. The SMILES string of the molecule is CC(C)NC(=O)C(Cc1ccccc1)N(Cc1ccc(F)cc1)C(=O)CN(c1ccccc1Cl)S(C)(=O)=O. The largest absolute Gasteiger partial charge is 0.352 e. The van der Waals surface area contributed by atoms with Crippen LogP contribution in [-0.2, 0) is 32.6 Å². The summed E-state index contributed by atoms with van der Waals surface area (Å²) in [6, 6.07) is 20.0. The Hall–Kier alpha value is -3.43. The molecule has 1 N–H and O–H groups in total. The fraction of sp³-hybridized carbons (Fsp3) is 0.286. The van der Waals surface area contributed by atoms with Crippen molar-refractivity contribution in [1.29, 1.82) is 0 Å². The minimum Gasteiger partial charge on any atom is -0.352 e. The normalized spacial score (nSPS) is 12.2. The van der Waals surface area contributed by atoms with Crippen molar-refractivity contribution in [3.8, 4) is 0 Å². The van der Waals surface area contributed by atoms with E-state index in [0.29, 0.717) is 5.56 Å². The number of carbonyl (C=O) groups is 2. The Morgan fingerprint density at radius 1 is 0.921 bits per heavy atom. The molecule has 7 nitrogen and oxygen atoms in total. The number of halogens is 2. The molecule has 0 fully saturated rings. The molecule has 0 aliphatic heterocycles. The lowest BCUT2D eigenvalue weighted by Gasteiger charge is -2.34. The minimum absolute atomic E-state index is 0.0394. The zero-order valence-corrected chi connectivity index (χ0v) is 23.0. The van der Waals surface area contributed by atoms with Crippen LogP contribution < -0.4 is 9.62 Å². The number of hydrogen-bond acceptors (Lipinski definition) is 4. The van der Waals surface area contributed by atoms with Crippen LogP contribution in [0.4, 0.5) is 10.1 Å². The zero-order chi connectivity index (χ0) is 27.9. The van der Waals surface area contributed by atoms with Crippen molar-refractivity contribution in [2.24, 2.45) is 0 Å². The summed E-state index contributed by atoms with van der Waals surface area (Å²) in [6.07, 6.45) is 1.18. The number of nitrogens with zero attached hydrogens (tertiary/aromatic N) is 2. The van der Waals surface area contributed by atoms with Gasteiger partial charge < -0.3 is 10.2 Å². The second-order valence-electron chi connectivity index (χ2n) is 9.24. The van der Waals surface area contributed by atoms with Crippen molar-refractivity contribution in [2.75, 3.05) is 17.1 Å². The fourth-order valence-electron chi connectivity index (χ4n) is 3.97. The fourth-order valence-corrected chi connectivity index (χ4v) is 5.12. The smallest absolute Gasteiger partial charge is 0.244 e. The molecule has 10 heteroatoms. The van der Waals surface area contributed by atoms with Crippen LogP contribution in [0.3, 0.4) is 0 Å². The Bertz CT molecular complexity index is 1350. The highest BCUT2D eigenvalue weighted by Gasteiger charge is 2.33. The summed E-state index contributed by atoms with van der Waals surface area (Å²) in [5.41, 5.74) is 1.55. The molecule has 2 amide bonds. The van der Waals surface area contributed by atoms with Crippen LogP contribution in [0.5, 0.6) is 0 Å². The Morgan fingerprint density at radius 3 is 2.11 bits per heavy atom. The van der Waals surface area contributed by atoms with E-state index in [1.54, 1.807) is 12.1 Å². The highest BCUT2D eigenvalue weighted by Crippen LogP contribution is 2.27. The van der Waals surface area contributed by atoms with Gasteiger partial charge in [0.15, 0.2) is 0 Å². The third-order valence-electron chi connectivity index (χ3n) is 5.77. The number of carbonyl (C=O) groups excluding carboxylic acids is 2. The van der Waals surface area contributed by atoms with Crippen molar-refractivity contribution < 1.29 is 22.4 Å². The lowest BCUT2D eigenvalue weighted by molar-refractivity contribution is -0.140. The summed E-state index contributed by atoms with van der Waals surface area (Å²) in [5.74, 6) is -1.44. The van der Waals surface area contributed by atoms with Gasteiger partial charge in [0.1, 0.15) is 18.4 Å². The summed E-state index contributed by atoms with van der Waals surface area (Å²) in [5, 5.41) is 3.03. The summed E-state index contributed by atoms with van der Waals surface area (Å²) >= 11 is 6.28. The number of nitrogens with one attached hydrogen (secondary N) is 1. The average Bonchev–Trinajstić information content (AvgIpc) is 2.85. The van der Waals surface area contributed by atoms with Crippen LogP contribution in [0.25, 0.3) is 0 Å². The maximum absolute atomic E-state index is 13.9. The highest BCUT2D eigenvalue weighted by atomic mass is 35.5. The number of para-hydroxylation sites is 1. The van der Waals surface area contributed by atoms with E-state index in [1.807, 2.05) is 44.2 Å². The number of anilines is 1. The van der Waals surface area contributed by atoms with Gasteiger partial charge in [-0.3, -0.25) is 13.9 Å². The molecule has 202 valence electrons. The van der Waals surface area contributed by atoms with Gasteiger partial charge in [0.05, 0.1) is 17.0 Å². The van der Waals surface area contributed by atoms with Gasteiger partial charge in [-0.25, -0.2) is 12.8 Å². The Labute approximate surface area is 228 Å². The van der Waals surface area contributed by atoms with Crippen molar-refractivity contribution in [2.45, 2.75) is 38.9 Å². The molecular weight excluding hydrogens is 529 g/mol. The first-order chi connectivity index (χ1) is 18.0.